The number of hydrazine groups is 1. The lowest BCUT2D eigenvalue weighted by Crippen LogP contribution is -2.47. The molecule has 2 aromatic rings. The van der Waals surface area contributed by atoms with Gasteiger partial charge in [-0.1, -0.05) is 30.3 Å². The third kappa shape index (κ3) is 6.36. The summed E-state index contributed by atoms with van der Waals surface area (Å²) in [7, 11) is 0. The third-order valence-electron chi connectivity index (χ3n) is 4.58. The summed E-state index contributed by atoms with van der Waals surface area (Å²) >= 11 is 0. The first-order chi connectivity index (χ1) is 14.9. The number of nitrogens with zero attached hydrogens (tertiary/aromatic N) is 2. The van der Waals surface area contributed by atoms with Gasteiger partial charge in [-0.15, -0.1) is 0 Å². The number of nitrogens with one attached hydrogen (secondary N) is 2. The zero-order valence-electron chi connectivity index (χ0n) is 17.0. The fourth-order valence-electron chi connectivity index (χ4n) is 2.89. The van der Waals surface area contributed by atoms with E-state index in [9.17, 15) is 18.8 Å². The number of carbonyl (C=O) groups excluding carboxylic acids is 3. The molecule has 2 aromatic carbocycles. The van der Waals surface area contributed by atoms with E-state index in [4.69, 9.17) is 4.74 Å². The molecule has 3 rings (SSSR count). The average Bonchev–Trinajstić information content (AvgIpc) is 3.28. The van der Waals surface area contributed by atoms with Gasteiger partial charge >= 0.3 is 0 Å². The summed E-state index contributed by atoms with van der Waals surface area (Å²) in [5.74, 6) is -1.45. The van der Waals surface area contributed by atoms with Crippen LogP contribution in [-0.2, 0) is 14.4 Å². The Morgan fingerprint density at radius 1 is 1.06 bits per heavy atom. The van der Waals surface area contributed by atoms with Crippen molar-refractivity contribution in [3.63, 3.8) is 0 Å². The summed E-state index contributed by atoms with van der Waals surface area (Å²) in [4.78, 5) is 36.3. The number of hydrogen-bond acceptors (Lipinski definition) is 5. The van der Waals surface area contributed by atoms with E-state index >= 15 is 0 Å². The fraction of sp³-hybridized carbons (Fsp3) is 0.273. The fourth-order valence-corrected chi connectivity index (χ4v) is 2.89. The van der Waals surface area contributed by atoms with Gasteiger partial charge in [0.2, 0.25) is 11.8 Å². The highest BCUT2D eigenvalue weighted by molar-refractivity contribution is 6.02. The van der Waals surface area contributed by atoms with Crippen LogP contribution < -0.4 is 15.6 Å². The molecule has 0 fully saturated rings. The van der Waals surface area contributed by atoms with E-state index in [2.05, 4.69) is 16.0 Å². The first-order valence-electron chi connectivity index (χ1n) is 9.86. The van der Waals surface area contributed by atoms with Gasteiger partial charge in [0, 0.05) is 19.3 Å². The van der Waals surface area contributed by atoms with E-state index in [0.29, 0.717) is 18.7 Å². The zero-order valence-corrected chi connectivity index (χ0v) is 17.0. The van der Waals surface area contributed by atoms with Crippen LogP contribution in [0.25, 0.3) is 0 Å². The van der Waals surface area contributed by atoms with E-state index in [1.807, 2.05) is 30.3 Å². The van der Waals surface area contributed by atoms with Crippen LogP contribution in [0.5, 0.6) is 5.75 Å². The summed E-state index contributed by atoms with van der Waals surface area (Å²) in [6.07, 6.45) is -0.388. The Morgan fingerprint density at radius 3 is 2.48 bits per heavy atom. The standard InChI is InChI=1S/C22H23FN4O4/c1-15(31-18-9-7-17(23)8-10-18)22(30)25-24-20(28)11-12-21(29)27-14-13-19(26-27)16-5-3-2-4-6-16/h2-10,15H,11-14H2,1H3,(H,24,28)(H,25,30). The number of rotatable bonds is 7. The van der Waals surface area contributed by atoms with Crippen molar-refractivity contribution in [1.29, 1.82) is 0 Å². The molecule has 0 saturated carbocycles. The molecule has 162 valence electrons. The number of hydrogen-bond donors (Lipinski definition) is 2. The molecule has 0 spiro atoms. The minimum Gasteiger partial charge on any atom is -0.481 e. The molecule has 9 heteroatoms. The van der Waals surface area contributed by atoms with Crippen molar-refractivity contribution in [2.45, 2.75) is 32.3 Å². The number of halogens is 1. The quantitative estimate of drug-likeness (QED) is 0.663. The number of hydrazone groups is 1. The van der Waals surface area contributed by atoms with Crippen molar-refractivity contribution in [2.24, 2.45) is 5.10 Å². The average molecular weight is 426 g/mol. The van der Waals surface area contributed by atoms with Crippen LogP contribution >= 0.6 is 0 Å². The molecule has 0 radical (unpaired) electrons. The monoisotopic (exact) mass is 426 g/mol. The summed E-state index contributed by atoms with van der Waals surface area (Å²) in [6.45, 7) is 1.96. The zero-order chi connectivity index (χ0) is 22.2. The maximum absolute atomic E-state index is 12.9. The van der Waals surface area contributed by atoms with Gasteiger partial charge in [0.1, 0.15) is 11.6 Å². The van der Waals surface area contributed by atoms with Gasteiger partial charge in [-0.2, -0.15) is 5.10 Å². The van der Waals surface area contributed by atoms with Crippen molar-refractivity contribution >= 4 is 23.4 Å². The molecule has 1 unspecified atom stereocenters. The molecule has 1 aliphatic heterocycles. The molecular formula is C22H23FN4O4. The van der Waals surface area contributed by atoms with Crippen LogP contribution in [0.1, 0.15) is 31.7 Å². The Morgan fingerprint density at radius 2 is 1.77 bits per heavy atom. The van der Waals surface area contributed by atoms with Gasteiger partial charge in [-0.05, 0) is 36.8 Å². The number of benzene rings is 2. The van der Waals surface area contributed by atoms with E-state index in [0.717, 1.165) is 11.3 Å². The Bertz CT molecular complexity index is 963. The molecule has 31 heavy (non-hydrogen) atoms. The van der Waals surface area contributed by atoms with Gasteiger partial charge in [-0.3, -0.25) is 25.2 Å². The van der Waals surface area contributed by atoms with Gasteiger partial charge < -0.3 is 4.74 Å². The SMILES string of the molecule is CC(Oc1ccc(F)cc1)C(=O)NNC(=O)CCC(=O)N1CCC(c2ccccc2)=N1. The topological polar surface area (TPSA) is 100 Å². The van der Waals surface area contributed by atoms with Crippen molar-refractivity contribution < 1.29 is 23.5 Å². The summed E-state index contributed by atoms with van der Waals surface area (Å²) in [5.41, 5.74) is 6.30. The second-order valence-corrected chi connectivity index (χ2v) is 6.93. The van der Waals surface area contributed by atoms with Crippen molar-refractivity contribution in [1.82, 2.24) is 15.9 Å². The Labute approximate surface area is 179 Å². The molecule has 0 bridgehead atoms. The van der Waals surface area contributed by atoms with Gasteiger partial charge in [-0.25, -0.2) is 9.40 Å². The van der Waals surface area contributed by atoms with E-state index in [1.165, 1.54) is 36.2 Å². The molecule has 0 aliphatic carbocycles. The second-order valence-electron chi connectivity index (χ2n) is 6.93. The Balaban J connectivity index is 1.38. The molecule has 2 N–H and O–H groups in total. The van der Waals surface area contributed by atoms with Gasteiger partial charge in [0.25, 0.3) is 5.91 Å². The van der Waals surface area contributed by atoms with Crippen molar-refractivity contribution in [2.75, 3.05) is 6.54 Å². The lowest BCUT2D eigenvalue weighted by molar-refractivity contribution is -0.135. The molecule has 0 aromatic heterocycles. The molecule has 1 atom stereocenters. The molecule has 8 nitrogen and oxygen atoms in total. The minimum atomic E-state index is -0.914. The summed E-state index contributed by atoms with van der Waals surface area (Å²) < 4.78 is 18.3. The highest BCUT2D eigenvalue weighted by Crippen LogP contribution is 2.15. The van der Waals surface area contributed by atoms with E-state index in [1.54, 1.807) is 0 Å². The van der Waals surface area contributed by atoms with E-state index in [-0.39, 0.29) is 18.7 Å². The van der Waals surface area contributed by atoms with Crippen LogP contribution in [0, 0.1) is 5.82 Å². The second kappa shape index (κ2) is 10.3. The molecule has 1 heterocycles. The van der Waals surface area contributed by atoms with Crippen LogP contribution in [-0.4, -0.2) is 41.1 Å². The first kappa shape index (κ1) is 21.9. The Hall–Kier alpha value is -3.75. The third-order valence-corrected chi connectivity index (χ3v) is 4.58. The smallest absolute Gasteiger partial charge is 0.279 e. The van der Waals surface area contributed by atoms with Crippen molar-refractivity contribution in [3.8, 4) is 5.75 Å². The molecule has 0 saturated heterocycles. The summed E-state index contributed by atoms with van der Waals surface area (Å²) in [5, 5.41) is 5.71. The predicted octanol–water partition coefficient (Wildman–Crippen LogP) is 2.16. The number of ether oxygens (including phenoxy) is 1. The van der Waals surface area contributed by atoms with E-state index < -0.39 is 23.7 Å². The number of amides is 3. The van der Waals surface area contributed by atoms with Crippen LogP contribution in [0.4, 0.5) is 4.39 Å². The first-order valence-corrected chi connectivity index (χ1v) is 9.86. The lowest BCUT2D eigenvalue weighted by Gasteiger charge is -2.15. The highest BCUT2D eigenvalue weighted by atomic mass is 19.1. The number of carbonyl (C=O) groups is 3. The highest BCUT2D eigenvalue weighted by Gasteiger charge is 2.22. The predicted molar refractivity (Wildman–Crippen MR) is 111 cm³/mol. The van der Waals surface area contributed by atoms with Crippen LogP contribution in [0.15, 0.2) is 59.7 Å². The molecule has 1 aliphatic rings. The normalized spacial score (nSPS) is 13.9. The van der Waals surface area contributed by atoms with Gasteiger partial charge in [0.05, 0.1) is 12.3 Å². The minimum absolute atomic E-state index is 0.0328. The Kier molecular flexibility index (Phi) is 7.31. The molecular weight excluding hydrogens is 403 g/mol. The van der Waals surface area contributed by atoms with Crippen LogP contribution in [0.2, 0.25) is 0 Å². The lowest BCUT2D eigenvalue weighted by atomic mass is 10.1. The summed E-state index contributed by atoms with van der Waals surface area (Å²) in [6, 6.07) is 14.8. The molecule has 3 amide bonds. The van der Waals surface area contributed by atoms with Crippen LogP contribution in [0.3, 0.4) is 0 Å². The van der Waals surface area contributed by atoms with Gasteiger partial charge in [0.15, 0.2) is 6.10 Å². The largest absolute Gasteiger partial charge is 0.481 e. The maximum atomic E-state index is 12.9. The maximum Gasteiger partial charge on any atom is 0.279 e. The van der Waals surface area contributed by atoms with Crippen molar-refractivity contribution in [3.05, 3.63) is 66.0 Å².